The second kappa shape index (κ2) is 5.29. The second-order valence-corrected chi connectivity index (χ2v) is 4.53. The summed E-state index contributed by atoms with van der Waals surface area (Å²) in [6.07, 6.45) is -0.503. The Balaban J connectivity index is 2.82. The fraction of sp³-hybridized carbons (Fsp3) is 0.538. The molecule has 0 heterocycles. The summed E-state index contributed by atoms with van der Waals surface area (Å²) < 4.78 is 0. The molecular formula is C13H20O2. The van der Waals surface area contributed by atoms with Crippen LogP contribution in [0.2, 0.25) is 0 Å². The predicted molar refractivity (Wildman–Crippen MR) is 61.6 cm³/mol. The van der Waals surface area contributed by atoms with Crippen LogP contribution in [0.15, 0.2) is 24.3 Å². The van der Waals surface area contributed by atoms with E-state index in [0.717, 1.165) is 12.0 Å². The van der Waals surface area contributed by atoms with E-state index in [0.29, 0.717) is 5.92 Å². The molecule has 1 aromatic rings. The van der Waals surface area contributed by atoms with Crippen molar-refractivity contribution in [3.8, 4) is 0 Å². The minimum atomic E-state index is -0.780. The number of hydrogen-bond donors (Lipinski definition) is 2. The molecule has 0 fully saturated rings. The third-order valence-corrected chi connectivity index (χ3v) is 2.39. The van der Waals surface area contributed by atoms with Gasteiger partial charge in [0.2, 0.25) is 0 Å². The lowest BCUT2D eigenvalue weighted by molar-refractivity contribution is 0.0305. The van der Waals surface area contributed by atoms with Crippen molar-refractivity contribution in [3.63, 3.8) is 0 Å². The van der Waals surface area contributed by atoms with Gasteiger partial charge >= 0.3 is 0 Å². The van der Waals surface area contributed by atoms with Gasteiger partial charge in [-0.05, 0) is 30.4 Å². The standard InChI is InChI=1S/C13H20O2/c1-9(2)7-11-5-4-6-12(8-11)13(15)10(3)14/h4-6,8-10,13-15H,7H2,1-3H3. The Kier molecular flexibility index (Phi) is 4.30. The normalized spacial score (nSPS) is 15.3. The fourth-order valence-corrected chi connectivity index (χ4v) is 1.65. The Morgan fingerprint density at radius 3 is 2.33 bits per heavy atom. The summed E-state index contributed by atoms with van der Waals surface area (Å²) in [5, 5.41) is 19.0. The third kappa shape index (κ3) is 3.65. The highest BCUT2D eigenvalue weighted by atomic mass is 16.3. The average Bonchev–Trinajstić information content (AvgIpc) is 2.16. The van der Waals surface area contributed by atoms with E-state index in [4.69, 9.17) is 0 Å². The largest absolute Gasteiger partial charge is 0.390 e. The van der Waals surface area contributed by atoms with Crippen LogP contribution in [-0.2, 0) is 6.42 Å². The van der Waals surface area contributed by atoms with Crippen LogP contribution >= 0.6 is 0 Å². The van der Waals surface area contributed by atoms with Crippen LogP contribution in [0.3, 0.4) is 0 Å². The Hall–Kier alpha value is -0.860. The maximum Gasteiger partial charge on any atom is 0.105 e. The molecule has 0 spiro atoms. The van der Waals surface area contributed by atoms with Crippen LogP contribution in [0.4, 0.5) is 0 Å². The molecule has 0 amide bonds. The highest BCUT2D eigenvalue weighted by molar-refractivity contribution is 5.26. The Labute approximate surface area is 91.6 Å². The summed E-state index contributed by atoms with van der Waals surface area (Å²) in [6, 6.07) is 7.80. The lowest BCUT2D eigenvalue weighted by Crippen LogP contribution is -2.14. The van der Waals surface area contributed by atoms with Crippen LogP contribution in [0.25, 0.3) is 0 Å². The van der Waals surface area contributed by atoms with Gasteiger partial charge in [-0.2, -0.15) is 0 Å². The zero-order valence-electron chi connectivity index (χ0n) is 9.64. The molecule has 0 saturated carbocycles. The maximum absolute atomic E-state index is 9.71. The summed E-state index contributed by atoms with van der Waals surface area (Å²) in [5.74, 6) is 0.601. The molecule has 0 saturated heterocycles. The number of hydrogen-bond acceptors (Lipinski definition) is 2. The maximum atomic E-state index is 9.71. The van der Waals surface area contributed by atoms with Crippen molar-refractivity contribution in [2.75, 3.05) is 0 Å². The molecule has 0 aliphatic heterocycles. The topological polar surface area (TPSA) is 40.5 Å². The lowest BCUT2D eigenvalue weighted by atomic mass is 9.98. The van der Waals surface area contributed by atoms with Crippen molar-refractivity contribution in [1.29, 1.82) is 0 Å². The summed E-state index contributed by atoms with van der Waals surface area (Å²) in [6.45, 7) is 5.93. The van der Waals surface area contributed by atoms with E-state index >= 15 is 0 Å². The van der Waals surface area contributed by atoms with E-state index in [1.54, 1.807) is 6.92 Å². The van der Waals surface area contributed by atoms with E-state index in [-0.39, 0.29) is 0 Å². The van der Waals surface area contributed by atoms with Gasteiger partial charge in [-0.25, -0.2) is 0 Å². The van der Waals surface area contributed by atoms with Gasteiger partial charge in [0.25, 0.3) is 0 Å². The van der Waals surface area contributed by atoms with Crippen LogP contribution in [0.1, 0.15) is 38.0 Å². The fourth-order valence-electron chi connectivity index (χ4n) is 1.65. The summed E-state index contributed by atoms with van der Waals surface area (Å²) in [5.41, 5.74) is 2.00. The number of aliphatic hydroxyl groups is 2. The van der Waals surface area contributed by atoms with Crippen LogP contribution in [0.5, 0.6) is 0 Å². The van der Waals surface area contributed by atoms with E-state index < -0.39 is 12.2 Å². The molecule has 0 aliphatic rings. The molecule has 2 nitrogen and oxygen atoms in total. The molecular weight excluding hydrogens is 188 g/mol. The molecule has 0 bridgehead atoms. The average molecular weight is 208 g/mol. The van der Waals surface area contributed by atoms with Crippen molar-refractivity contribution < 1.29 is 10.2 Å². The molecule has 0 radical (unpaired) electrons. The van der Waals surface area contributed by atoms with Gasteiger partial charge in [-0.1, -0.05) is 38.1 Å². The third-order valence-electron chi connectivity index (χ3n) is 2.39. The monoisotopic (exact) mass is 208 g/mol. The SMILES string of the molecule is CC(C)Cc1cccc(C(O)C(C)O)c1. The molecule has 2 atom stereocenters. The summed E-state index contributed by atoms with van der Waals surface area (Å²) in [4.78, 5) is 0. The first-order valence-electron chi connectivity index (χ1n) is 5.45. The number of rotatable bonds is 4. The van der Waals surface area contributed by atoms with Crippen molar-refractivity contribution in [1.82, 2.24) is 0 Å². The van der Waals surface area contributed by atoms with Crippen LogP contribution in [0, 0.1) is 5.92 Å². The van der Waals surface area contributed by atoms with Crippen molar-refractivity contribution in [3.05, 3.63) is 35.4 Å². The zero-order chi connectivity index (χ0) is 11.4. The smallest absolute Gasteiger partial charge is 0.105 e. The van der Waals surface area contributed by atoms with Crippen molar-refractivity contribution in [2.24, 2.45) is 5.92 Å². The van der Waals surface area contributed by atoms with Gasteiger partial charge in [0, 0.05) is 0 Å². The van der Waals surface area contributed by atoms with Gasteiger partial charge < -0.3 is 10.2 Å². The Morgan fingerprint density at radius 2 is 1.80 bits per heavy atom. The molecule has 2 N–H and O–H groups in total. The van der Waals surface area contributed by atoms with Gasteiger partial charge in [0.15, 0.2) is 0 Å². The molecule has 15 heavy (non-hydrogen) atoms. The minimum absolute atomic E-state index is 0.601. The molecule has 0 aromatic heterocycles. The molecule has 2 heteroatoms. The van der Waals surface area contributed by atoms with Crippen LogP contribution in [-0.4, -0.2) is 16.3 Å². The number of benzene rings is 1. The number of aliphatic hydroxyl groups excluding tert-OH is 2. The van der Waals surface area contributed by atoms with E-state index in [9.17, 15) is 10.2 Å². The first kappa shape index (κ1) is 12.2. The summed E-state index contributed by atoms with van der Waals surface area (Å²) in [7, 11) is 0. The zero-order valence-corrected chi connectivity index (χ0v) is 9.64. The van der Waals surface area contributed by atoms with Gasteiger partial charge in [-0.15, -0.1) is 0 Å². The Morgan fingerprint density at radius 1 is 1.13 bits per heavy atom. The van der Waals surface area contributed by atoms with E-state index in [2.05, 4.69) is 19.9 Å². The van der Waals surface area contributed by atoms with Gasteiger partial charge in [0.05, 0.1) is 6.10 Å². The predicted octanol–water partition coefficient (Wildman–Crippen LogP) is 2.30. The minimum Gasteiger partial charge on any atom is -0.390 e. The highest BCUT2D eigenvalue weighted by Crippen LogP contribution is 2.19. The van der Waals surface area contributed by atoms with E-state index in [1.807, 2.05) is 18.2 Å². The first-order chi connectivity index (χ1) is 7.00. The quantitative estimate of drug-likeness (QED) is 0.797. The van der Waals surface area contributed by atoms with Crippen molar-refractivity contribution in [2.45, 2.75) is 39.4 Å². The highest BCUT2D eigenvalue weighted by Gasteiger charge is 2.13. The van der Waals surface area contributed by atoms with Gasteiger partial charge in [-0.3, -0.25) is 0 Å². The summed E-state index contributed by atoms with van der Waals surface area (Å²) >= 11 is 0. The molecule has 1 rings (SSSR count). The Bertz CT molecular complexity index is 305. The molecule has 0 aliphatic carbocycles. The second-order valence-electron chi connectivity index (χ2n) is 4.53. The van der Waals surface area contributed by atoms with Gasteiger partial charge in [0.1, 0.15) is 6.10 Å². The van der Waals surface area contributed by atoms with Crippen molar-refractivity contribution >= 4 is 0 Å². The molecule has 84 valence electrons. The molecule has 2 unspecified atom stereocenters. The molecule has 1 aromatic carbocycles. The lowest BCUT2D eigenvalue weighted by Gasteiger charge is -2.15. The van der Waals surface area contributed by atoms with Crippen LogP contribution < -0.4 is 0 Å². The van der Waals surface area contributed by atoms with E-state index in [1.165, 1.54) is 5.56 Å². The first-order valence-corrected chi connectivity index (χ1v) is 5.45.